The lowest BCUT2D eigenvalue weighted by atomic mass is 9.67. The summed E-state index contributed by atoms with van der Waals surface area (Å²) < 4.78 is 6.72. The van der Waals surface area contributed by atoms with Gasteiger partial charge in [-0.15, -0.1) is 11.8 Å². The Morgan fingerprint density at radius 3 is 2.38 bits per heavy atom. The first kappa shape index (κ1) is 18.5. The van der Waals surface area contributed by atoms with Gasteiger partial charge in [-0.3, -0.25) is 0 Å². The van der Waals surface area contributed by atoms with Gasteiger partial charge in [-0.05, 0) is 55.4 Å². The topological polar surface area (TPSA) is 29.5 Å². The highest BCUT2D eigenvalue weighted by molar-refractivity contribution is 8.00. The van der Waals surface area contributed by atoms with Crippen molar-refractivity contribution >= 4 is 20.1 Å². The summed E-state index contributed by atoms with van der Waals surface area (Å²) in [6.07, 6.45) is 3.50. The highest BCUT2D eigenvalue weighted by Gasteiger charge is 2.51. The predicted molar refractivity (Wildman–Crippen MR) is 105 cm³/mol. The maximum absolute atomic E-state index is 11.0. The SMILES string of the molecule is CC(C)(C)[Si](C)(C)O[C@H]1C[C@@H]2CC[C@H]1C(O)C2Sc1ccccc1. The predicted octanol–water partition coefficient (Wildman–Crippen LogP) is 5.33. The van der Waals surface area contributed by atoms with Gasteiger partial charge in [-0.1, -0.05) is 39.0 Å². The lowest BCUT2D eigenvalue weighted by molar-refractivity contribution is -0.0693. The summed E-state index contributed by atoms with van der Waals surface area (Å²) in [4.78, 5) is 1.27. The zero-order valence-corrected chi connectivity index (χ0v) is 17.5. The summed E-state index contributed by atoms with van der Waals surface area (Å²) in [5.74, 6) is 0.885. The Balaban J connectivity index is 1.70. The van der Waals surface area contributed by atoms with E-state index in [0.29, 0.717) is 17.1 Å². The first-order valence-electron chi connectivity index (χ1n) is 9.26. The molecule has 5 atom stereocenters. The number of thioether (sulfide) groups is 1. The first-order valence-corrected chi connectivity index (χ1v) is 13.1. The van der Waals surface area contributed by atoms with E-state index in [1.807, 2.05) is 11.8 Å². The van der Waals surface area contributed by atoms with Gasteiger partial charge >= 0.3 is 0 Å². The molecule has 0 amide bonds. The number of fused-ring (bicyclic) bond motifs is 3. The number of benzene rings is 1. The largest absolute Gasteiger partial charge is 0.414 e. The van der Waals surface area contributed by atoms with Gasteiger partial charge in [0.1, 0.15) is 0 Å². The number of aliphatic hydroxyl groups excluding tert-OH is 1. The van der Waals surface area contributed by atoms with Crippen LogP contribution in [0.1, 0.15) is 40.0 Å². The molecule has 0 saturated heterocycles. The second kappa shape index (κ2) is 6.79. The monoisotopic (exact) mass is 364 g/mol. The van der Waals surface area contributed by atoms with Crippen LogP contribution in [0.2, 0.25) is 18.1 Å². The van der Waals surface area contributed by atoms with E-state index in [1.165, 1.54) is 11.3 Å². The van der Waals surface area contributed by atoms with Gasteiger partial charge < -0.3 is 9.53 Å². The highest BCUT2D eigenvalue weighted by Crippen LogP contribution is 2.51. The van der Waals surface area contributed by atoms with Crippen molar-refractivity contribution in [3.05, 3.63) is 30.3 Å². The second-order valence-corrected chi connectivity index (χ2v) is 15.0. The van der Waals surface area contributed by atoms with Crippen LogP contribution in [0.4, 0.5) is 0 Å². The lowest BCUT2D eigenvalue weighted by Crippen LogP contribution is -2.57. The fraction of sp³-hybridized carbons (Fsp3) is 0.700. The summed E-state index contributed by atoms with van der Waals surface area (Å²) in [6.45, 7) is 11.6. The summed E-state index contributed by atoms with van der Waals surface area (Å²) in [5, 5.41) is 11.6. The molecule has 3 aliphatic carbocycles. The summed E-state index contributed by atoms with van der Waals surface area (Å²) >= 11 is 1.87. The minimum atomic E-state index is -1.77. The van der Waals surface area contributed by atoms with E-state index in [9.17, 15) is 5.11 Å². The van der Waals surface area contributed by atoms with Crippen LogP contribution >= 0.6 is 11.8 Å². The van der Waals surface area contributed by atoms with Crippen molar-refractivity contribution in [1.29, 1.82) is 0 Å². The molecule has 0 radical (unpaired) electrons. The molecule has 0 aliphatic heterocycles. The molecular formula is C20H32O2SSi. The average molecular weight is 365 g/mol. The van der Waals surface area contributed by atoms with Crippen molar-refractivity contribution in [1.82, 2.24) is 0 Å². The first-order chi connectivity index (χ1) is 11.2. The maximum atomic E-state index is 11.0. The van der Waals surface area contributed by atoms with Crippen LogP contribution in [0.15, 0.2) is 35.2 Å². The smallest absolute Gasteiger partial charge is 0.192 e. The zero-order valence-electron chi connectivity index (χ0n) is 15.7. The Morgan fingerprint density at radius 1 is 1.12 bits per heavy atom. The molecular weight excluding hydrogens is 332 g/mol. The number of hydrogen-bond acceptors (Lipinski definition) is 3. The van der Waals surface area contributed by atoms with Crippen LogP contribution in [-0.2, 0) is 4.43 Å². The van der Waals surface area contributed by atoms with Gasteiger partial charge in [0.05, 0.1) is 12.2 Å². The van der Waals surface area contributed by atoms with E-state index >= 15 is 0 Å². The molecule has 2 unspecified atom stereocenters. The Hall–Kier alpha value is -0.293. The molecule has 4 rings (SSSR count). The highest BCUT2D eigenvalue weighted by atomic mass is 32.2. The number of rotatable bonds is 4. The molecule has 1 N–H and O–H groups in total. The Kier molecular flexibility index (Phi) is 5.23. The van der Waals surface area contributed by atoms with Crippen LogP contribution < -0.4 is 0 Å². The number of aliphatic hydroxyl groups is 1. The van der Waals surface area contributed by atoms with Crippen molar-refractivity contribution in [2.75, 3.05) is 0 Å². The van der Waals surface area contributed by atoms with Crippen LogP contribution in [0.5, 0.6) is 0 Å². The van der Waals surface area contributed by atoms with Gasteiger partial charge in [0.25, 0.3) is 0 Å². The lowest BCUT2D eigenvalue weighted by Gasteiger charge is -2.53. The summed E-state index contributed by atoms with van der Waals surface area (Å²) in [7, 11) is -1.77. The zero-order chi connectivity index (χ0) is 17.5. The molecule has 3 saturated carbocycles. The molecule has 4 heteroatoms. The van der Waals surface area contributed by atoms with Crippen molar-refractivity contribution < 1.29 is 9.53 Å². The third-order valence-corrected chi connectivity index (χ3v) is 12.4. The molecule has 2 nitrogen and oxygen atoms in total. The Labute approximate surface area is 152 Å². The third kappa shape index (κ3) is 3.62. The quantitative estimate of drug-likeness (QED) is 0.732. The fourth-order valence-electron chi connectivity index (χ4n) is 3.91. The average Bonchev–Trinajstić information content (AvgIpc) is 2.50. The molecule has 134 valence electrons. The third-order valence-electron chi connectivity index (χ3n) is 6.39. The van der Waals surface area contributed by atoms with Crippen LogP contribution in [0.3, 0.4) is 0 Å². The molecule has 3 fully saturated rings. The molecule has 0 aromatic heterocycles. The van der Waals surface area contributed by atoms with Crippen LogP contribution in [-0.4, -0.2) is 30.9 Å². The van der Waals surface area contributed by atoms with Gasteiger partial charge in [0, 0.05) is 16.1 Å². The van der Waals surface area contributed by atoms with Gasteiger partial charge in [-0.25, -0.2) is 0 Å². The van der Waals surface area contributed by atoms with Crippen molar-refractivity contribution in [2.24, 2.45) is 11.8 Å². The second-order valence-electron chi connectivity index (χ2n) is 9.04. The Bertz CT molecular complexity index is 553. The molecule has 1 aromatic carbocycles. The fourth-order valence-corrected chi connectivity index (χ4v) is 6.70. The number of hydrogen-bond donors (Lipinski definition) is 1. The molecule has 3 aliphatic rings. The van der Waals surface area contributed by atoms with Crippen LogP contribution in [0.25, 0.3) is 0 Å². The van der Waals surface area contributed by atoms with Crippen molar-refractivity contribution in [3.8, 4) is 0 Å². The molecule has 2 bridgehead atoms. The molecule has 0 spiro atoms. The van der Waals surface area contributed by atoms with Crippen molar-refractivity contribution in [3.63, 3.8) is 0 Å². The van der Waals surface area contributed by atoms with Gasteiger partial charge in [0.15, 0.2) is 8.32 Å². The standard InChI is InChI=1S/C20H32O2SSi/c1-20(2,3)24(4,5)22-17-13-14-11-12-16(17)18(21)19(14)23-15-9-7-6-8-10-15/h6-10,14,16-19,21H,11-13H2,1-5H3/t14-,16+,17-,18?,19?/m0/s1. The van der Waals surface area contributed by atoms with Crippen molar-refractivity contribution in [2.45, 2.75) is 80.5 Å². The van der Waals surface area contributed by atoms with Gasteiger partial charge in [-0.2, -0.15) is 0 Å². The molecule has 0 heterocycles. The van der Waals surface area contributed by atoms with E-state index in [4.69, 9.17) is 4.43 Å². The molecule has 1 aromatic rings. The van der Waals surface area contributed by atoms with E-state index in [1.54, 1.807) is 0 Å². The maximum Gasteiger partial charge on any atom is 0.192 e. The summed E-state index contributed by atoms with van der Waals surface area (Å²) in [5.41, 5.74) is 0. The van der Waals surface area contributed by atoms with Gasteiger partial charge in [0.2, 0.25) is 0 Å². The van der Waals surface area contributed by atoms with E-state index in [0.717, 1.165) is 12.8 Å². The normalized spacial score (nSPS) is 33.7. The van der Waals surface area contributed by atoms with E-state index < -0.39 is 8.32 Å². The minimum absolute atomic E-state index is 0.229. The minimum Gasteiger partial charge on any atom is -0.414 e. The van der Waals surface area contributed by atoms with E-state index in [-0.39, 0.29) is 17.2 Å². The van der Waals surface area contributed by atoms with E-state index in [2.05, 4.69) is 64.2 Å². The van der Waals surface area contributed by atoms with Crippen LogP contribution in [0, 0.1) is 11.8 Å². The summed E-state index contributed by atoms with van der Waals surface area (Å²) in [6, 6.07) is 10.5. The Morgan fingerprint density at radius 2 is 1.79 bits per heavy atom. The molecule has 24 heavy (non-hydrogen) atoms.